The van der Waals surface area contributed by atoms with Gasteiger partial charge in [-0.1, -0.05) is 0 Å². The molecule has 1 unspecified atom stereocenters. The Morgan fingerprint density at radius 2 is 2.33 bits per heavy atom. The van der Waals surface area contributed by atoms with E-state index in [9.17, 15) is 0 Å². The lowest BCUT2D eigenvalue weighted by atomic mass is 10.0. The third-order valence-electron chi connectivity index (χ3n) is 2.49. The summed E-state index contributed by atoms with van der Waals surface area (Å²) in [7, 11) is 0. The standard InChI is InChI=1S/C10H14O2/c1-8-4-6-11-9(8)3-5-10(2)7-12-10/h4,6H,3,5,7H2,1-2H3. The van der Waals surface area contributed by atoms with Gasteiger partial charge in [-0.3, -0.25) is 0 Å². The van der Waals surface area contributed by atoms with Crippen molar-refractivity contribution in [1.29, 1.82) is 0 Å². The average molecular weight is 166 g/mol. The molecule has 1 aliphatic heterocycles. The minimum atomic E-state index is 0.152. The minimum absolute atomic E-state index is 0.152. The molecule has 2 nitrogen and oxygen atoms in total. The fourth-order valence-electron chi connectivity index (χ4n) is 1.31. The lowest BCUT2D eigenvalue weighted by Crippen LogP contribution is -2.05. The van der Waals surface area contributed by atoms with Crippen LogP contribution in [0.2, 0.25) is 0 Å². The monoisotopic (exact) mass is 166 g/mol. The van der Waals surface area contributed by atoms with Crippen molar-refractivity contribution in [3.63, 3.8) is 0 Å². The minimum Gasteiger partial charge on any atom is -0.469 e. The van der Waals surface area contributed by atoms with Crippen LogP contribution in [0.4, 0.5) is 0 Å². The first-order chi connectivity index (χ1) is 5.70. The van der Waals surface area contributed by atoms with E-state index in [2.05, 4.69) is 13.8 Å². The molecule has 1 aliphatic rings. The Morgan fingerprint density at radius 1 is 1.58 bits per heavy atom. The summed E-state index contributed by atoms with van der Waals surface area (Å²) in [4.78, 5) is 0. The molecule has 1 aromatic heterocycles. The number of ether oxygens (including phenoxy) is 1. The molecule has 2 heteroatoms. The molecule has 2 heterocycles. The number of aryl methyl sites for hydroxylation is 2. The Kier molecular flexibility index (Phi) is 1.72. The van der Waals surface area contributed by atoms with Crippen LogP contribution >= 0.6 is 0 Å². The van der Waals surface area contributed by atoms with Gasteiger partial charge in [0.1, 0.15) is 5.76 Å². The SMILES string of the molecule is Cc1ccoc1CCC1(C)CO1. The van der Waals surface area contributed by atoms with E-state index in [1.165, 1.54) is 5.56 Å². The summed E-state index contributed by atoms with van der Waals surface area (Å²) in [5, 5.41) is 0. The number of hydrogen-bond donors (Lipinski definition) is 0. The second kappa shape index (κ2) is 2.63. The highest BCUT2D eigenvalue weighted by molar-refractivity contribution is 5.15. The van der Waals surface area contributed by atoms with Gasteiger partial charge in [-0.15, -0.1) is 0 Å². The molecular weight excluding hydrogens is 152 g/mol. The van der Waals surface area contributed by atoms with E-state index in [0.717, 1.165) is 25.2 Å². The lowest BCUT2D eigenvalue weighted by Gasteiger charge is -2.02. The average Bonchev–Trinajstić information content (AvgIpc) is 2.61. The van der Waals surface area contributed by atoms with Crippen LogP contribution in [0.1, 0.15) is 24.7 Å². The Bertz CT molecular complexity index is 271. The molecule has 0 spiro atoms. The first-order valence-electron chi connectivity index (χ1n) is 4.37. The zero-order valence-electron chi connectivity index (χ0n) is 7.59. The molecule has 1 saturated heterocycles. The van der Waals surface area contributed by atoms with Crippen molar-refractivity contribution in [2.45, 2.75) is 32.3 Å². The molecule has 0 aliphatic carbocycles. The zero-order chi connectivity index (χ0) is 8.60. The predicted molar refractivity (Wildman–Crippen MR) is 46.1 cm³/mol. The van der Waals surface area contributed by atoms with Gasteiger partial charge in [0.25, 0.3) is 0 Å². The van der Waals surface area contributed by atoms with Gasteiger partial charge in [-0.25, -0.2) is 0 Å². The summed E-state index contributed by atoms with van der Waals surface area (Å²) in [6.45, 7) is 5.13. The Morgan fingerprint density at radius 3 is 2.83 bits per heavy atom. The van der Waals surface area contributed by atoms with Crippen molar-refractivity contribution in [2.24, 2.45) is 0 Å². The molecule has 66 valence electrons. The molecule has 0 N–H and O–H groups in total. The molecule has 1 aromatic rings. The normalized spacial score (nSPS) is 27.5. The van der Waals surface area contributed by atoms with Crippen molar-refractivity contribution >= 4 is 0 Å². The van der Waals surface area contributed by atoms with Crippen LogP contribution in [-0.4, -0.2) is 12.2 Å². The van der Waals surface area contributed by atoms with Gasteiger partial charge >= 0.3 is 0 Å². The van der Waals surface area contributed by atoms with Crippen molar-refractivity contribution in [1.82, 2.24) is 0 Å². The number of furan rings is 1. The van der Waals surface area contributed by atoms with E-state index >= 15 is 0 Å². The molecule has 1 fully saturated rings. The van der Waals surface area contributed by atoms with Crippen molar-refractivity contribution in [2.75, 3.05) is 6.61 Å². The highest BCUT2D eigenvalue weighted by atomic mass is 16.6. The fraction of sp³-hybridized carbons (Fsp3) is 0.600. The van der Waals surface area contributed by atoms with Gasteiger partial charge in [0.05, 0.1) is 18.5 Å². The zero-order valence-corrected chi connectivity index (χ0v) is 7.59. The smallest absolute Gasteiger partial charge is 0.106 e. The highest BCUT2D eigenvalue weighted by Crippen LogP contribution is 2.31. The third kappa shape index (κ3) is 1.53. The first-order valence-corrected chi connectivity index (χ1v) is 4.37. The summed E-state index contributed by atoms with van der Waals surface area (Å²) in [5.74, 6) is 1.10. The molecule has 2 rings (SSSR count). The summed E-state index contributed by atoms with van der Waals surface area (Å²) in [6, 6.07) is 2.01. The van der Waals surface area contributed by atoms with Crippen LogP contribution in [0.15, 0.2) is 16.7 Å². The van der Waals surface area contributed by atoms with E-state index < -0.39 is 0 Å². The topological polar surface area (TPSA) is 25.7 Å². The molecule has 0 aromatic carbocycles. The molecular formula is C10H14O2. The van der Waals surface area contributed by atoms with Crippen LogP contribution in [0.3, 0.4) is 0 Å². The van der Waals surface area contributed by atoms with Gasteiger partial charge in [0.15, 0.2) is 0 Å². The predicted octanol–water partition coefficient (Wildman–Crippen LogP) is 2.31. The van der Waals surface area contributed by atoms with E-state index in [4.69, 9.17) is 9.15 Å². The van der Waals surface area contributed by atoms with E-state index in [1.807, 2.05) is 6.07 Å². The molecule has 0 amide bonds. The summed E-state index contributed by atoms with van der Waals surface area (Å²) in [5.41, 5.74) is 1.40. The number of epoxide rings is 1. The van der Waals surface area contributed by atoms with Crippen molar-refractivity contribution in [3.05, 3.63) is 23.7 Å². The van der Waals surface area contributed by atoms with Crippen LogP contribution in [-0.2, 0) is 11.2 Å². The fourth-order valence-corrected chi connectivity index (χ4v) is 1.31. The van der Waals surface area contributed by atoms with Gasteiger partial charge in [0.2, 0.25) is 0 Å². The Balaban J connectivity index is 1.91. The lowest BCUT2D eigenvalue weighted by molar-refractivity contribution is 0.303. The molecule has 0 bridgehead atoms. The number of hydrogen-bond acceptors (Lipinski definition) is 2. The van der Waals surface area contributed by atoms with Gasteiger partial charge in [-0.2, -0.15) is 0 Å². The first kappa shape index (κ1) is 7.87. The van der Waals surface area contributed by atoms with Crippen molar-refractivity contribution in [3.8, 4) is 0 Å². The Labute approximate surface area is 72.5 Å². The summed E-state index contributed by atoms with van der Waals surface area (Å²) >= 11 is 0. The Hall–Kier alpha value is -0.760. The maximum Gasteiger partial charge on any atom is 0.106 e. The van der Waals surface area contributed by atoms with Crippen LogP contribution in [0, 0.1) is 6.92 Å². The highest BCUT2D eigenvalue weighted by Gasteiger charge is 2.38. The summed E-state index contributed by atoms with van der Waals surface area (Å²) in [6.07, 6.45) is 3.82. The maximum atomic E-state index is 5.33. The van der Waals surface area contributed by atoms with Gasteiger partial charge in [-0.05, 0) is 31.9 Å². The van der Waals surface area contributed by atoms with Crippen LogP contribution in [0.25, 0.3) is 0 Å². The van der Waals surface area contributed by atoms with Crippen LogP contribution in [0.5, 0.6) is 0 Å². The largest absolute Gasteiger partial charge is 0.469 e. The van der Waals surface area contributed by atoms with E-state index in [0.29, 0.717) is 0 Å². The van der Waals surface area contributed by atoms with Gasteiger partial charge < -0.3 is 9.15 Å². The molecule has 1 atom stereocenters. The molecule has 0 radical (unpaired) electrons. The number of rotatable bonds is 3. The quantitative estimate of drug-likeness (QED) is 0.644. The molecule has 0 saturated carbocycles. The molecule has 12 heavy (non-hydrogen) atoms. The second-order valence-corrected chi connectivity index (χ2v) is 3.77. The van der Waals surface area contributed by atoms with Gasteiger partial charge in [0, 0.05) is 6.42 Å². The second-order valence-electron chi connectivity index (χ2n) is 3.77. The van der Waals surface area contributed by atoms with Crippen molar-refractivity contribution < 1.29 is 9.15 Å². The van der Waals surface area contributed by atoms with Crippen LogP contribution < -0.4 is 0 Å². The third-order valence-corrected chi connectivity index (χ3v) is 2.49. The van der Waals surface area contributed by atoms with E-state index in [-0.39, 0.29) is 5.60 Å². The van der Waals surface area contributed by atoms with E-state index in [1.54, 1.807) is 6.26 Å². The summed E-state index contributed by atoms with van der Waals surface area (Å²) < 4.78 is 10.6. The maximum absolute atomic E-state index is 5.33.